The maximum absolute atomic E-state index is 13.7. The Labute approximate surface area is 146 Å². The van der Waals surface area contributed by atoms with Crippen LogP contribution in [0.3, 0.4) is 0 Å². The zero-order valence-electron chi connectivity index (χ0n) is 14.1. The lowest BCUT2D eigenvalue weighted by Gasteiger charge is -2.32. The fraction of sp³-hybridized carbons (Fsp3) is 0.500. The topological polar surface area (TPSA) is 35.6 Å². The van der Waals surface area contributed by atoms with Crippen LogP contribution in [0.15, 0.2) is 24.3 Å². The first-order valence-corrected chi connectivity index (χ1v) is 9.32. The standard InChI is InChI=1S/C18H24FN3OS/c1-21-9-11-22(12-10-21)8-3-2-7-20-18(23)17-13-14-15(19)5-4-6-16(14)24-17/h4-6,13H,2-3,7-12H2,1H3,(H,20,23). The van der Waals surface area contributed by atoms with E-state index in [4.69, 9.17) is 0 Å². The number of nitrogens with zero attached hydrogens (tertiary/aromatic N) is 2. The van der Waals surface area contributed by atoms with Crippen molar-refractivity contribution in [1.82, 2.24) is 15.1 Å². The van der Waals surface area contributed by atoms with Crippen molar-refractivity contribution in [1.29, 1.82) is 0 Å². The number of carbonyl (C=O) groups excluding carboxylic acids is 1. The van der Waals surface area contributed by atoms with Gasteiger partial charge in [-0.25, -0.2) is 4.39 Å². The molecule has 0 aliphatic carbocycles. The molecular weight excluding hydrogens is 325 g/mol. The largest absolute Gasteiger partial charge is 0.351 e. The number of likely N-dealkylation sites (N-methyl/N-ethyl adjacent to an activating group) is 1. The van der Waals surface area contributed by atoms with E-state index in [2.05, 4.69) is 22.2 Å². The maximum Gasteiger partial charge on any atom is 0.261 e. The van der Waals surface area contributed by atoms with E-state index in [1.165, 1.54) is 17.4 Å². The maximum atomic E-state index is 13.7. The highest BCUT2D eigenvalue weighted by Gasteiger charge is 2.14. The van der Waals surface area contributed by atoms with Crippen molar-refractivity contribution in [2.45, 2.75) is 12.8 Å². The Morgan fingerprint density at radius 1 is 1.25 bits per heavy atom. The normalized spacial score (nSPS) is 16.6. The van der Waals surface area contributed by atoms with Gasteiger partial charge in [0.25, 0.3) is 5.91 Å². The molecule has 2 heterocycles. The second-order valence-electron chi connectivity index (χ2n) is 6.37. The molecule has 0 radical (unpaired) electrons. The molecule has 1 amide bonds. The molecule has 4 nitrogen and oxygen atoms in total. The van der Waals surface area contributed by atoms with Crippen molar-refractivity contribution in [2.24, 2.45) is 0 Å². The summed E-state index contributed by atoms with van der Waals surface area (Å²) in [5.41, 5.74) is 0. The minimum atomic E-state index is -0.269. The minimum Gasteiger partial charge on any atom is -0.351 e. The van der Waals surface area contributed by atoms with Gasteiger partial charge in [0.15, 0.2) is 0 Å². The molecular formula is C18H24FN3OS. The molecule has 0 atom stereocenters. The molecule has 0 saturated carbocycles. The van der Waals surface area contributed by atoms with Crippen molar-refractivity contribution in [3.63, 3.8) is 0 Å². The number of rotatable bonds is 6. The van der Waals surface area contributed by atoms with Gasteiger partial charge in [0.2, 0.25) is 0 Å². The van der Waals surface area contributed by atoms with E-state index < -0.39 is 0 Å². The van der Waals surface area contributed by atoms with E-state index >= 15 is 0 Å². The highest BCUT2D eigenvalue weighted by molar-refractivity contribution is 7.20. The summed E-state index contributed by atoms with van der Waals surface area (Å²) in [4.78, 5) is 17.6. The van der Waals surface area contributed by atoms with Crippen LogP contribution in [-0.2, 0) is 0 Å². The molecule has 6 heteroatoms. The average molecular weight is 349 g/mol. The van der Waals surface area contributed by atoms with Crippen LogP contribution >= 0.6 is 11.3 Å². The molecule has 0 spiro atoms. The van der Waals surface area contributed by atoms with E-state index in [-0.39, 0.29) is 11.7 Å². The Hall–Kier alpha value is -1.50. The first kappa shape index (κ1) is 17.3. The zero-order valence-corrected chi connectivity index (χ0v) is 14.9. The van der Waals surface area contributed by atoms with Gasteiger partial charge in [-0.2, -0.15) is 0 Å². The van der Waals surface area contributed by atoms with Crippen LogP contribution in [0.5, 0.6) is 0 Å². The summed E-state index contributed by atoms with van der Waals surface area (Å²) < 4.78 is 14.5. The molecule has 1 N–H and O–H groups in total. The molecule has 0 unspecified atom stereocenters. The van der Waals surface area contributed by atoms with Gasteiger partial charge in [-0.15, -0.1) is 11.3 Å². The zero-order chi connectivity index (χ0) is 16.9. The number of piperazine rings is 1. The van der Waals surface area contributed by atoms with Gasteiger partial charge in [0.05, 0.1) is 4.88 Å². The third-order valence-electron chi connectivity index (χ3n) is 4.51. The van der Waals surface area contributed by atoms with E-state index in [1.807, 2.05) is 6.07 Å². The molecule has 1 aliphatic rings. The predicted molar refractivity (Wildman–Crippen MR) is 97.3 cm³/mol. The lowest BCUT2D eigenvalue weighted by molar-refractivity contribution is 0.0956. The summed E-state index contributed by atoms with van der Waals surface area (Å²) in [7, 11) is 2.16. The van der Waals surface area contributed by atoms with Gasteiger partial charge in [-0.1, -0.05) is 6.07 Å². The quantitative estimate of drug-likeness (QED) is 0.815. The third kappa shape index (κ3) is 4.32. The van der Waals surface area contributed by atoms with Gasteiger partial charge in [-0.05, 0) is 44.6 Å². The molecule has 1 aromatic heterocycles. The molecule has 1 fully saturated rings. The number of fused-ring (bicyclic) bond motifs is 1. The number of benzene rings is 1. The number of hydrogen-bond donors (Lipinski definition) is 1. The Bertz CT molecular complexity index is 695. The summed E-state index contributed by atoms with van der Waals surface area (Å²) in [5, 5.41) is 3.48. The molecule has 1 aliphatic heterocycles. The second-order valence-corrected chi connectivity index (χ2v) is 7.45. The molecule has 2 aromatic rings. The second kappa shape index (κ2) is 8.05. The Morgan fingerprint density at radius 2 is 2.04 bits per heavy atom. The highest BCUT2D eigenvalue weighted by Crippen LogP contribution is 2.27. The molecule has 1 aromatic carbocycles. The average Bonchev–Trinajstić information content (AvgIpc) is 3.02. The summed E-state index contributed by atoms with van der Waals surface area (Å²) >= 11 is 1.34. The molecule has 0 bridgehead atoms. The van der Waals surface area contributed by atoms with Crippen LogP contribution in [-0.4, -0.2) is 62.0 Å². The van der Waals surface area contributed by atoms with Crippen LogP contribution in [0.25, 0.3) is 10.1 Å². The van der Waals surface area contributed by atoms with Crippen LogP contribution in [0.1, 0.15) is 22.5 Å². The number of unbranched alkanes of at least 4 members (excludes halogenated alkanes) is 1. The van der Waals surface area contributed by atoms with Crippen LogP contribution < -0.4 is 5.32 Å². The SMILES string of the molecule is CN1CCN(CCCCNC(=O)c2cc3c(F)cccc3s2)CC1. The number of nitrogens with one attached hydrogen (secondary N) is 1. The van der Waals surface area contributed by atoms with Crippen molar-refractivity contribution in [2.75, 3.05) is 46.3 Å². The Balaban J connectivity index is 1.40. The van der Waals surface area contributed by atoms with E-state index in [9.17, 15) is 9.18 Å². The van der Waals surface area contributed by atoms with E-state index in [0.717, 1.165) is 50.3 Å². The van der Waals surface area contributed by atoms with Crippen molar-refractivity contribution < 1.29 is 9.18 Å². The smallest absolute Gasteiger partial charge is 0.261 e. The number of halogens is 1. The third-order valence-corrected chi connectivity index (χ3v) is 5.61. The van der Waals surface area contributed by atoms with Gasteiger partial charge in [0, 0.05) is 42.8 Å². The minimum absolute atomic E-state index is 0.102. The number of amides is 1. The summed E-state index contributed by atoms with van der Waals surface area (Å²) in [6.07, 6.45) is 2.06. The van der Waals surface area contributed by atoms with Crippen molar-refractivity contribution >= 4 is 27.3 Å². The number of carbonyl (C=O) groups is 1. The van der Waals surface area contributed by atoms with Crippen molar-refractivity contribution in [3.05, 3.63) is 35.0 Å². The molecule has 1 saturated heterocycles. The Kier molecular flexibility index (Phi) is 5.81. The van der Waals surface area contributed by atoms with E-state index in [0.29, 0.717) is 16.8 Å². The molecule has 3 rings (SSSR count). The Morgan fingerprint density at radius 3 is 2.79 bits per heavy atom. The summed E-state index contributed by atoms with van der Waals surface area (Å²) in [6, 6.07) is 6.59. The lowest BCUT2D eigenvalue weighted by atomic mass is 10.2. The predicted octanol–water partition coefficient (Wildman–Crippen LogP) is 2.80. The van der Waals surface area contributed by atoms with Gasteiger partial charge >= 0.3 is 0 Å². The summed E-state index contributed by atoms with van der Waals surface area (Å²) in [5.74, 6) is -0.370. The highest BCUT2D eigenvalue weighted by atomic mass is 32.1. The van der Waals surface area contributed by atoms with E-state index in [1.54, 1.807) is 12.1 Å². The summed E-state index contributed by atoms with van der Waals surface area (Å²) in [6.45, 7) is 6.31. The van der Waals surface area contributed by atoms with Crippen LogP contribution in [0.4, 0.5) is 4.39 Å². The van der Waals surface area contributed by atoms with Gasteiger partial charge in [0.1, 0.15) is 5.82 Å². The monoisotopic (exact) mass is 349 g/mol. The van der Waals surface area contributed by atoms with Crippen LogP contribution in [0.2, 0.25) is 0 Å². The first-order valence-electron chi connectivity index (χ1n) is 8.50. The fourth-order valence-electron chi connectivity index (χ4n) is 2.96. The van der Waals surface area contributed by atoms with Crippen molar-refractivity contribution in [3.8, 4) is 0 Å². The molecule has 130 valence electrons. The van der Waals surface area contributed by atoms with Gasteiger partial charge < -0.3 is 15.1 Å². The lowest BCUT2D eigenvalue weighted by Crippen LogP contribution is -2.44. The van der Waals surface area contributed by atoms with Gasteiger partial charge in [-0.3, -0.25) is 4.79 Å². The van der Waals surface area contributed by atoms with Crippen LogP contribution in [0, 0.1) is 5.82 Å². The number of thiophene rings is 1. The fourth-order valence-corrected chi connectivity index (χ4v) is 3.95. The number of hydrogen-bond acceptors (Lipinski definition) is 4. The molecule has 24 heavy (non-hydrogen) atoms. The first-order chi connectivity index (χ1) is 11.6.